The number of rotatable bonds is 0. The molecule has 0 saturated carbocycles. The van der Waals surface area contributed by atoms with Gasteiger partial charge < -0.3 is 4.40 Å². The molecule has 0 aromatic carbocycles. The summed E-state index contributed by atoms with van der Waals surface area (Å²) in [6, 6.07) is 3.86. The van der Waals surface area contributed by atoms with Crippen LogP contribution in [0.2, 0.25) is 5.15 Å². The van der Waals surface area contributed by atoms with Crippen molar-refractivity contribution in [1.29, 1.82) is 0 Å². The summed E-state index contributed by atoms with van der Waals surface area (Å²) >= 11 is 5.77. The minimum atomic E-state index is 0.549. The van der Waals surface area contributed by atoms with Crippen molar-refractivity contribution < 1.29 is 0 Å². The third kappa shape index (κ3) is 1.59. The first-order valence-corrected chi connectivity index (χ1v) is 4.33. The lowest BCUT2D eigenvalue weighted by molar-refractivity contribution is 1.14. The molecule has 0 aliphatic carbocycles. The molecule has 0 spiro atoms. The highest BCUT2D eigenvalue weighted by Gasteiger charge is 1.95. The van der Waals surface area contributed by atoms with Crippen molar-refractivity contribution in [3.05, 3.63) is 35.9 Å². The second-order valence-corrected chi connectivity index (χ2v) is 2.38. The first kappa shape index (κ1) is 9.07. The van der Waals surface area contributed by atoms with Crippen LogP contribution < -0.4 is 0 Å². The number of fused-ring (bicyclic) bond motifs is 1. The predicted molar refractivity (Wildman–Crippen MR) is 51.6 cm³/mol. The van der Waals surface area contributed by atoms with Gasteiger partial charge >= 0.3 is 0 Å². The maximum Gasteiger partial charge on any atom is 0.153 e. The standard InChI is InChI=1S/C7H5ClN2.C2H6/c8-7-6-2-1-4-10(6)5-3-9-7;1-2/h1-5H;1-2H3. The largest absolute Gasteiger partial charge is 0.320 e. The van der Waals surface area contributed by atoms with Crippen molar-refractivity contribution in [3.63, 3.8) is 0 Å². The molecule has 0 atom stereocenters. The fourth-order valence-electron chi connectivity index (χ4n) is 0.935. The average Bonchev–Trinajstić information content (AvgIpc) is 2.57. The lowest BCUT2D eigenvalue weighted by Crippen LogP contribution is -1.82. The molecule has 0 saturated heterocycles. The van der Waals surface area contributed by atoms with Crippen LogP contribution in [0.5, 0.6) is 0 Å². The van der Waals surface area contributed by atoms with Crippen LogP contribution in [-0.2, 0) is 0 Å². The highest BCUT2D eigenvalue weighted by molar-refractivity contribution is 6.32. The van der Waals surface area contributed by atoms with E-state index in [-0.39, 0.29) is 0 Å². The summed E-state index contributed by atoms with van der Waals surface area (Å²) in [5.74, 6) is 0. The van der Waals surface area contributed by atoms with Gasteiger partial charge in [0.25, 0.3) is 0 Å². The third-order valence-corrected chi connectivity index (χ3v) is 1.70. The Hall–Kier alpha value is -1.02. The van der Waals surface area contributed by atoms with Gasteiger partial charge in [-0.2, -0.15) is 0 Å². The van der Waals surface area contributed by atoms with E-state index in [1.807, 2.05) is 42.8 Å². The van der Waals surface area contributed by atoms with Gasteiger partial charge in [-0.3, -0.25) is 0 Å². The summed E-state index contributed by atoms with van der Waals surface area (Å²) in [5, 5.41) is 0.549. The summed E-state index contributed by atoms with van der Waals surface area (Å²) < 4.78 is 1.93. The minimum Gasteiger partial charge on any atom is -0.320 e. The van der Waals surface area contributed by atoms with Gasteiger partial charge in [0.2, 0.25) is 0 Å². The predicted octanol–water partition coefficient (Wildman–Crippen LogP) is 3.01. The molecule has 0 N–H and O–H groups in total. The Bertz CT molecular complexity index is 354. The van der Waals surface area contributed by atoms with Crippen LogP contribution in [0.4, 0.5) is 0 Å². The molecule has 2 nitrogen and oxygen atoms in total. The van der Waals surface area contributed by atoms with E-state index in [0.29, 0.717) is 5.15 Å². The molecule has 2 aromatic rings. The van der Waals surface area contributed by atoms with E-state index in [2.05, 4.69) is 4.98 Å². The molecule has 64 valence electrons. The van der Waals surface area contributed by atoms with E-state index in [0.717, 1.165) is 5.52 Å². The second-order valence-electron chi connectivity index (χ2n) is 2.02. The van der Waals surface area contributed by atoms with Crippen LogP contribution >= 0.6 is 11.6 Å². The topological polar surface area (TPSA) is 17.3 Å². The van der Waals surface area contributed by atoms with Crippen LogP contribution in [0, 0.1) is 0 Å². The van der Waals surface area contributed by atoms with Crippen molar-refractivity contribution in [2.75, 3.05) is 0 Å². The Labute approximate surface area is 76.8 Å². The molecule has 0 radical (unpaired) electrons. The van der Waals surface area contributed by atoms with E-state index in [1.165, 1.54) is 0 Å². The van der Waals surface area contributed by atoms with Gasteiger partial charge in [-0.05, 0) is 12.1 Å². The second kappa shape index (κ2) is 4.12. The summed E-state index contributed by atoms with van der Waals surface area (Å²) in [4.78, 5) is 3.92. The van der Waals surface area contributed by atoms with Gasteiger partial charge in [-0.15, -0.1) is 0 Å². The van der Waals surface area contributed by atoms with Gasteiger partial charge in [0.15, 0.2) is 5.15 Å². The molecular formula is C9H11ClN2. The van der Waals surface area contributed by atoms with E-state index >= 15 is 0 Å². The Kier molecular flexibility index (Phi) is 3.11. The molecule has 2 rings (SSSR count). The van der Waals surface area contributed by atoms with Crippen LogP contribution in [0.1, 0.15) is 13.8 Å². The average molecular weight is 183 g/mol. The Morgan fingerprint density at radius 1 is 1.33 bits per heavy atom. The molecule has 0 bridgehead atoms. The molecule has 2 heterocycles. The molecule has 2 aromatic heterocycles. The van der Waals surface area contributed by atoms with Crippen molar-refractivity contribution in [3.8, 4) is 0 Å². The van der Waals surface area contributed by atoms with Gasteiger partial charge in [0.1, 0.15) is 0 Å². The fourth-order valence-corrected chi connectivity index (χ4v) is 1.15. The minimum absolute atomic E-state index is 0.549. The van der Waals surface area contributed by atoms with Crippen molar-refractivity contribution >= 4 is 17.1 Å². The quantitative estimate of drug-likeness (QED) is 0.612. The number of hydrogen-bond acceptors (Lipinski definition) is 1. The monoisotopic (exact) mass is 182 g/mol. The molecule has 3 heteroatoms. The normalized spacial score (nSPS) is 9.25. The smallest absolute Gasteiger partial charge is 0.153 e. The maximum atomic E-state index is 5.77. The summed E-state index contributed by atoms with van der Waals surface area (Å²) in [6.07, 6.45) is 5.47. The number of hydrogen-bond donors (Lipinski definition) is 0. The van der Waals surface area contributed by atoms with Crippen molar-refractivity contribution in [2.24, 2.45) is 0 Å². The number of halogens is 1. The zero-order chi connectivity index (χ0) is 8.97. The zero-order valence-corrected chi connectivity index (χ0v) is 7.92. The maximum absolute atomic E-state index is 5.77. The Morgan fingerprint density at radius 2 is 2.08 bits per heavy atom. The van der Waals surface area contributed by atoms with Gasteiger partial charge in [-0.1, -0.05) is 25.4 Å². The van der Waals surface area contributed by atoms with Crippen LogP contribution in [0.15, 0.2) is 30.7 Å². The van der Waals surface area contributed by atoms with E-state index in [4.69, 9.17) is 11.6 Å². The van der Waals surface area contributed by atoms with E-state index in [1.54, 1.807) is 6.20 Å². The number of aromatic nitrogens is 2. The summed E-state index contributed by atoms with van der Waals surface area (Å²) in [5.41, 5.74) is 0.948. The molecule has 12 heavy (non-hydrogen) atoms. The lowest BCUT2D eigenvalue weighted by atomic mass is 10.5. The zero-order valence-electron chi connectivity index (χ0n) is 7.16. The highest BCUT2D eigenvalue weighted by atomic mass is 35.5. The van der Waals surface area contributed by atoms with Crippen LogP contribution in [-0.4, -0.2) is 9.38 Å². The number of nitrogens with zero attached hydrogens (tertiary/aromatic N) is 2. The van der Waals surface area contributed by atoms with Crippen LogP contribution in [0.25, 0.3) is 5.52 Å². The molecule has 0 aliphatic rings. The first-order valence-electron chi connectivity index (χ1n) is 3.95. The Balaban J connectivity index is 0.000000336. The molecule has 0 aliphatic heterocycles. The summed E-state index contributed by atoms with van der Waals surface area (Å²) in [6.45, 7) is 4.00. The first-order chi connectivity index (χ1) is 5.88. The van der Waals surface area contributed by atoms with Gasteiger partial charge in [-0.25, -0.2) is 4.98 Å². The van der Waals surface area contributed by atoms with E-state index in [9.17, 15) is 0 Å². The Morgan fingerprint density at radius 3 is 2.75 bits per heavy atom. The summed E-state index contributed by atoms with van der Waals surface area (Å²) in [7, 11) is 0. The van der Waals surface area contributed by atoms with Gasteiger partial charge in [0, 0.05) is 18.6 Å². The SMILES string of the molecule is CC.Clc1nccn2cccc12. The third-order valence-electron chi connectivity index (χ3n) is 1.41. The molecule has 0 fully saturated rings. The van der Waals surface area contributed by atoms with Crippen LogP contribution in [0.3, 0.4) is 0 Å². The van der Waals surface area contributed by atoms with E-state index < -0.39 is 0 Å². The van der Waals surface area contributed by atoms with Gasteiger partial charge in [0.05, 0.1) is 5.52 Å². The molecule has 0 unspecified atom stereocenters. The molecular weight excluding hydrogens is 172 g/mol. The molecule has 0 amide bonds. The fraction of sp³-hybridized carbons (Fsp3) is 0.222. The lowest BCUT2D eigenvalue weighted by Gasteiger charge is -1.92. The van der Waals surface area contributed by atoms with Crippen molar-refractivity contribution in [1.82, 2.24) is 9.38 Å². The van der Waals surface area contributed by atoms with Crippen molar-refractivity contribution in [2.45, 2.75) is 13.8 Å². The highest BCUT2D eigenvalue weighted by Crippen LogP contribution is 2.12.